The minimum atomic E-state index is 0.251. The minimum absolute atomic E-state index is 0.251. The minimum Gasteiger partial charge on any atom is -0.377 e. The Balaban J connectivity index is 1.82. The molecule has 2 rings (SSSR count). The zero-order chi connectivity index (χ0) is 12.5. The van der Waals surface area contributed by atoms with Gasteiger partial charge in [-0.3, -0.25) is 0 Å². The first-order valence-corrected chi connectivity index (χ1v) is 6.95. The van der Waals surface area contributed by atoms with E-state index in [1.54, 1.807) is 0 Å². The molecule has 0 radical (unpaired) electrons. The lowest BCUT2D eigenvalue weighted by atomic mass is 9.81. The molecule has 3 heteroatoms. The molecule has 0 amide bonds. The summed E-state index contributed by atoms with van der Waals surface area (Å²) < 4.78 is 11.5. The zero-order valence-corrected chi connectivity index (χ0v) is 11.7. The van der Waals surface area contributed by atoms with Crippen LogP contribution in [0.2, 0.25) is 0 Å². The normalized spacial score (nSPS) is 38.8. The van der Waals surface area contributed by atoms with Crippen molar-refractivity contribution < 1.29 is 9.47 Å². The van der Waals surface area contributed by atoms with Crippen molar-refractivity contribution in [2.24, 2.45) is 11.3 Å². The highest BCUT2D eigenvalue weighted by Crippen LogP contribution is 2.34. The highest BCUT2D eigenvalue weighted by atomic mass is 16.5. The van der Waals surface area contributed by atoms with Gasteiger partial charge in [-0.2, -0.15) is 0 Å². The summed E-state index contributed by atoms with van der Waals surface area (Å²) in [5.41, 5.74) is 0.251. The van der Waals surface area contributed by atoms with Crippen LogP contribution in [0.4, 0.5) is 0 Å². The number of hydrogen-bond donors (Lipinski definition) is 1. The summed E-state index contributed by atoms with van der Waals surface area (Å²) in [6, 6.07) is 0.538. The van der Waals surface area contributed by atoms with Crippen LogP contribution in [0.3, 0.4) is 0 Å². The summed E-state index contributed by atoms with van der Waals surface area (Å²) in [6.45, 7) is 11.9. The lowest BCUT2D eigenvalue weighted by molar-refractivity contribution is 0.00626. The maximum absolute atomic E-state index is 5.90. The standard InChI is InChI=1S/C14H27NO2/c1-10-12(6-8-16-10)15-9-11-5-7-17-13(11)14(2,3)4/h10-13,15H,5-9H2,1-4H3/t10-,11-,12-,13+/m1/s1. The van der Waals surface area contributed by atoms with Gasteiger partial charge in [-0.05, 0) is 25.2 Å². The smallest absolute Gasteiger partial charge is 0.0700 e. The van der Waals surface area contributed by atoms with E-state index < -0.39 is 0 Å². The summed E-state index contributed by atoms with van der Waals surface area (Å²) in [7, 11) is 0. The lowest BCUT2D eigenvalue weighted by Crippen LogP contribution is -2.42. The SMILES string of the molecule is C[C@H]1OCC[C@H]1NC[C@H]1CCO[C@@H]1C(C)(C)C. The van der Waals surface area contributed by atoms with Crippen LogP contribution < -0.4 is 5.32 Å². The van der Waals surface area contributed by atoms with Crippen molar-refractivity contribution >= 4 is 0 Å². The quantitative estimate of drug-likeness (QED) is 0.821. The molecule has 0 spiro atoms. The number of ether oxygens (including phenoxy) is 2. The van der Waals surface area contributed by atoms with E-state index in [4.69, 9.17) is 9.47 Å². The van der Waals surface area contributed by atoms with Gasteiger partial charge < -0.3 is 14.8 Å². The van der Waals surface area contributed by atoms with Crippen LogP contribution in [0.5, 0.6) is 0 Å². The molecule has 2 heterocycles. The van der Waals surface area contributed by atoms with Crippen LogP contribution in [0.25, 0.3) is 0 Å². The van der Waals surface area contributed by atoms with Crippen LogP contribution in [0, 0.1) is 11.3 Å². The molecule has 2 fully saturated rings. The predicted octanol–water partition coefficient (Wildman–Crippen LogP) is 2.20. The summed E-state index contributed by atoms with van der Waals surface area (Å²) in [5, 5.41) is 3.67. The molecule has 0 aliphatic carbocycles. The molecular formula is C14H27NO2. The summed E-state index contributed by atoms with van der Waals surface area (Å²) in [5.74, 6) is 0.655. The molecule has 4 atom stereocenters. The Morgan fingerprint density at radius 2 is 1.82 bits per heavy atom. The van der Waals surface area contributed by atoms with E-state index in [0.717, 1.165) is 26.2 Å². The van der Waals surface area contributed by atoms with Gasteiger partial charge >= 0.3 is 0 Å². The highest BCUT2D eigenvalue weighted by Gasteiger charge is 2.37. The van der Waals surface area contributed by atoms with E-state index in [1.165, 1.54) is 6.42 Å². The number of hydrogen-bond acceptors (Lipinski definition) is 3. The average molecular weight is 241 g/mol. The van der Waals surface area contributed by atoms with Crippen molar-refractivity contribution in [1.29, 1.82) is 0 Å². The Bertz CT molecular complexity index is 249. The summed E-state index contributed by atoms with van der Waals surface area (Å²) in [6.07, 6.45) is 3.10. The fourth-order valence-electron chi connectivity index (χ4n) is 3.10. The molecule has 2 aliphatic heterocycles. The number of nitrogens with one attached hydrogen (secondary N) is 1. The second kappa shape index (κ2) is 5.25. The molecular weight excluding hydrogens is 214 g/mol. The predicted molar refractivity (Wildman–Crippen MR) is 69.1 cm³/mol. The molecule has 100 valence electrons. The maximum atomic E-state index is 5.90. The molecule has 0 aromatic rings. The molecule has 0 bridgehead atoms. The first-order valence-electron chi connectivity index (χ1n) is 6.95. The Kier molecular flexibility index (Phi) is 4.11. The fraction of sp³-hybridized carbons (Fsp3) is 1.00. The van der Waals surface area contributed by atoms with Gasteiger partial charge in [-0.25, -0.2) is 0 Å². The van der Waals surface area contributed by atoms with Crippen LogP contribution >= 0.6 is 0 Å². The van der Waals surface area contributed by atoms with Gasteiger partial charge in [0.25, 0.3) is 0 Å². The van der Waals surface area contributed by atoms with Crippen molar-refractivity contribution in [2.45, 2.75) is 58.8 Å². The van der Waals surface area contributed by atoms with Crippen LogP contribution in [0.1, 0.15) is 40.5 Å². The van der Waals surface area contributed by atoms with Crippen molar-refractivity contribution in [3.05, 3.63) is 0 Å². The average Bonchev–Trinajstić information content (AvgIpc) is 2.82. The highest BCUT2D eigenvalue weighted by molar-refractivity contribution is 4.88. The molecule has 0 aromatic heterocycles. The fourth-order valence-corrected chi connectivity index (χ4v) is 3.10. The van der Waals surface area contributed by atoms with E-state index in [2.05, 4.69) is 33.0 Å². The molecule has 0 aromatic carbocycles. The van der Waals surface area contributed by atoms with Gasteiger partial charge in [0.05, 0.1) is 12.2 Å². The molecule has 0 saturated carbocycles. The molecule has 2 aliphatic rings. The van der Waals surface area contributed by atoms with E-state index in [0.29, 0.717) is 24.2 Å². The van der Waals surface area contributed by atoms with Crippen molar-refractivity contribution in [3.8, 4) is 0 Å². The van der Waals surface area contributed by atoms with E-state index in [9.17, 15) is 0 Å². The number of rotatable bonds is 3. The molecule has 17 heavy (non-hydrogen) atoms. The van der Waals surface area contributed by atoms with Gasteiger partial charge in [0.15, 0.2) is 0 Å². The topological polar surface area (TPSA) is 30.5 Å². The van der Waals surface area contributed by atoms with Crippen molar-refractivity contribution in [1.82, 2.24) is 5.32 Å². The third kappa shape index (κ3) is 3.21. The van der Waals surface area contributed by atoms with Gasteiger partial charge in [-0.15, -0.1) is 0 Å². The van der Waals surface area contributed by atoms with Crippen LogP contribution in [-0.4, -0.2) is 38.0 Å². The second-order valence-corrected chi connectivity index (χ2v) is 6.59. The Morgan fingerprint density at radius 1 is 1.12 bits per heavy atom. The molecule has 3 nitrogen and oxygen atoms in total. The third-order valence-corrected chi connectivity index (χ3v) is 4.09. The van der Waals surface area contributed by atoms with Crippen molar-refractivity contribution in [3.63, 3.8) is 0 Å². The zero-order valence-electron chi connectivity index (χ0n) is 11.7. The Morgan fingerprint density at radius 3 is 2.41 bits per heavy atom. The molecule has 1 N–H and O–H groups in total. The maximum Gasteiger partial charge on any atom is 0.0700 e. The van der Waals surface area contributed by atoms with Crippen LogP contribution in [0.15, 0.2) is 0 Å². The van der Waals surface area contributed by atoms with Gasteiger partial charge in [0.1, 0.15) is 0 Å². The van der Waals surface area contributed by atoms with E-state index >= 15 is 0 Å². The van der Waals surface area contributed by atoms with E-state index in [1.807, 2.05) is 0 Å². The monoisotopic (exact) mass is 241 g/mol. The molecule has 2 saturated heterocycles. The van der Waals surface area contributed by atoms with Gasteiger partial charge in [0, 0.05) is 31.7 Å². The largest absolute Gasteiger partial charge is 0.377 e. The molecule has 0 unspecified atom stereocenters. The van der Waals surface area contributed by atoms with Gasteiger partial charge in [0.2, 0.25) is 0 Å². The third-order valence-electron chi connectivity index (χ3n) is 4.09. The Hall–Kier alpha value is -0.120. The summed E-state index contributed by atoms with van der Waals surface area (Å²) >= 11 is 0. The lowest BCUT2D eigenvalue weighted by Gasteiger charge is -2.32. The van der Waals surface area contributed by atoms with E-state index in [-0.39, 0.29) is 5.41 Å². The first-order chi connectivity index (χ1) is 7.98. The summed E-state index contributed by atoms with van der Waals surface area (Å²) in [4.78, 5) is 0. The second-order valence-electron chi connectivity index (χ2n) is 6.59. The van der Waals surface area contributed by atoms with Crippen molar-refractivity contribution in [2.75, 3.05) is 19.8 Å². The van der Waals surface area contributed by atoms with Gasteiger partial charge in [-0.1, -0.05) is 20.8 Å². The first kappa shape index (κ1) is 13.3. The Labute approximate surface area is 105 Å². The van der Waals surface area contributed by atoms with Crippen LogP contribution in [-0.2, 0) is 9.47 Å².